The molecule has 2 heterocycles. The molecule has 1 saturated heterocycles. The fraction of sp³-hybridized carbons (Fsp3) is 0.556. The zero-order chi connectivity index (χ0) is 9.97. The van der Waals surface area contributed by atoms with Gasteiger partial charge in [0.15, 0.2) is 0 Å². The molecule has 2 N–H and O–H groups in total. The van der Waals surface area contributed by atoms with Crippen LogP contribution in [-0.4, -0.2) is 23.7 Å². The van der Waals surface area contributed by atoms with E-state index in [2.05, 4.69) is 27.2 Å². The summed E-state index contributed by atoms with van der Waals surface area (Å²) in [5, 5.41) is 9.39. The van der Waals surface area contributed by atoms with E-state index in [-0.39, 0.29) is 11.9 Å². The number of aromatic nitrogens is 1. The van der Waals surface area contributed by atoms with E-state index in [1.54, 1.807) is 0 Å². The lowest BCUT2D eigenvalue weighted by molar-refractivity contribution is -0.117. The molecule has 0 unspecified atom stereocenters. The van der Waals surface area contributed by atoms with Crippen molar-refractivity contribution >= 4 is 11.6 Å². The van der Waals surface area contributed by atoms with Crippen LogP contribution in [0.5, 0.6) is 0 Å². The number of carbonyl (C=O) groups excluding carboxylic acids is 1. The van der Waals surface area contributed by atoms with Gasteiger partial charge in [-0.1, -0.05) is 12.1 Å². The van der Waals surface area contributed by atoms with E-state index in [1.807, 2.05) is 0 Å². The molecule has 0 aliphatic carbocycles. The lowest BCUT2D eigenvalue weighted by atomic mass is 10.1. The number of hydrogen-bond acceptors (Lipinski definition) is 4. The van der Waals surface area contributed by atoms with Crippen LogP contribution in [0, 0.1) is 5.92 Å². The molecule has 2 atom stereocenters. The van der Waals surface area contributed by atoms with Gasteiger partial charge in [-0.2, -0.15) is 0 Å². The summed E-state index contributed by atoms with van der Waals surface area (Å²) in [5.41, 5.74) is 0.608. The molecule has 0 saturated carbocycles. The minimum atomic E-state index is -0.0834. The molecule has 0 radical (unpaired) electrons. The highest BCUT2D eigenvalue weighted by Crippen LogP contribution is 2.14. The standard InChI is InChI=1S/C9H13N3O2/c1-6-2-8(10-3-6)9(13)12-7-4-11-14-5-7/h4-6,8,10H,2-3H2,1H3,(H,12,13)/t6-,8+/m1/s1. The number of hydrogen-bond donors (Lipinski definition) is 2. The van der Waals surface area contributed by atoms with Crippen molar-refractivity contribution < 1.29 is 9.32 Å². The second kappa shape index (κ2) is 3.79. The van der Waals surface area contributed by atoms with Crippen LogP contribution in [0.2, 0.25) is 0 Å². The van der Waals surface area contributed by atoms with Gasteiger partial charge in [0.2, 0.25) is 5.91 Å². The predicted octanol–water partition coefficient (Wildman–Crippen LogP) is 0.611. The normalized spacial score (nSPS) is 26.4. The maximum atomic E-state index is 11.6. The Morgan fingerprint density at radius 2 is 2.64 bits per heavy atom. The minimum absolute atomic E-state index is 0.0162. The molecule has 5 heteroatoms. The third-order valence-corrected chi connectivity index (χ3v) is 2.37. The Bertz CT molecular complexity index is 310. The van der Waals surface area contributed by atoms with Crippen molar-refractivity contribution in [1.82, 2.24) is 10.5 Å². The molecule has 0 spiro atoms. The Morgan fingerprint density at radius 3 is 3.21 bits per heavy atom. The van der Waals surface area contributed by atoms with Crippen LogP contribution in [0.1, 0.15) is 13.3 Å². The Kier molecular flexibility index (Phi) is 2.49. The Hall–Kier alpha value is -1.36. The van der Waals surface area contributed by atoms with E-state index in [0.29, 0.717) is 11.6 Å². The lowest BCUT2D eigenvalue weighted by Crippen LogP contribution is -2.35. The number of rotatable bonds is 2. The molecule has 1 aromatic rings. The van der Waals surface area contributed by atoms with Crippen molar-refractivity contribution in [3.8, 4) is 0 Å². The summed E-state index contributed by atoms with van der Waals surface area (Å²) in [4.78, 5) is 11.6. The van der Waals surface area contributed by atoms with Crippen molar-refractivity contribution in [2.75, 3.05) is 11.9 Å². The van der Waals surface area contributed by atoms with Crippen LogP contribution in [0.3, 0.4) is 0 Å². The topological polar surface area (TPSA) is 67.2 Å². The summed E-state index contributed by atoms with van der Waals surface area (Å²) in [7, 11) is 0. The maximum Gasteiger partial charge on any atom is 0.241 e. The van der Waals surface area contributed by atoms with Crippen molar-refractivity contribution in [2.24, 2.45) is 5.92 Å². The summed E-state index contributed by atoms with van der Waals surface area (Å²) in [5.74, 6) is 0.547. The van der Waals surface area contributed by atoms with Gasteiger partial charge in [0, 0.05) is 0 Å². The summed E-state index contributed by atoms with van der Waals surface area (Å²) < 4.78 is 4.61. The molecule has 5 nitrogen and oxygen atoms in total. The van der Waals surface area contributed by atoms with Crippen LogP contribution in [0.25, 0.3) is 0 Å². The third kappa shape index (κ3) is 1.93. The van der Waals surface area contributed by atoms with Gasteiger partial charge in [-0.05, 0) is 18.9 Å². The third-order valence-electron chi connectivity index (χ3n) is 2.37. The Labute approximate surface area is 81.8 Å². The first-order valence-electron chi connectivity index (χ1n) is 4.69. The second-order valence-corrected chi connectivity index (χ2v) is 3.70. The molecule has 1 amide bonds. The van der Waals surface area contributed by atoms with Gasteiger partial charge >= 0.3 is 0 Å². The smallest absolute Gasteiger partial charge is 0.241 e. The molecule has 76 valence electrons. The summed E-state index contributed by atoms with van der Waals surface area (Å²) >= 11 is 0. The average molecular weight is 195 g/mol. The highest BCUT2D eigenvalue weighted by molar-refractivity contribution is 5.94. The molecule has 14 heavy (non-hydrogen) atoms. The Morgan fingerprint density at radius 1 is 1.79 bits per heavy atom. The van der Waals surface area contributed by atoms with Gasteiger partial charge in [-0.25, -0.2) is 0 Å². The van der Waals surface area contributed by atoms with Gasteiger partial charge in [0.05, 0.1) is 12.2 Å². The van der Waals surface area contributed by atoms with Gasteiger partial charge in [0.25, 0.3) is 0 Å². The highest BCUT2D eigenvalue weighted by atomic mass is 16.5. The molecule has 0 bridgehead atoms. The number of nitrogens with zero attached hydrogens (tertiary/aromatic N) is 1. The van der Waals surface area contributed by atoms with Crippen LogP contribution in [0.4, 0.5) is 5.69 Å². The first-order chi connectivity index (χ1) is 6.75. The van der Waals surface area contributed by atoms with Crippen LogP contribution in [-0.2, 0) is 4.79 Å². The number of amides is 1. The van der Waals surface area contributed by atoms with E-state index < -0.39 is 0 Å². The first kappa shape index (κ1) is 9.21. The van der Waals surface area contributed by atoms with E-state index in [0.717, 1.165) is 13.0 Å². The zero-order valence-electron chi connectivity index (χ0n) is 7.99. The quantitative estimate of drug-likeness (QED) is 0.725. The van der Waals surface area contributed by atoms with E-state index in [9.17, 15) is 4.79 Å². The van der Waals surface area contributed by atoms with Crippen LogP contribution >= 0.6 is 0 Å². The fourth-order valence-corrected chi connectivity index (χ4v) is 1.61. The van der Waals surface area contributed by atoms with E-state index in [1.165, 1.54) is 12.5 Å². The first-order valence-corrected chi connectivity index (χ1v) is 4.69. The van der Waals surface area contributed by atoms with Crippen molar-refractivity contribution in [1.29, 1.82) is 0 Å². The van der Waals surface area contributed by atoms with Gasteiger partial charge in [0.1, 0.15) is 12.0 Å². The summed E-state index contributed by atoms with van der Waals surface area (Å²) in [6, 6.07) is -0.0834. The summed E-state index contributed by atoms with van der Waals surface area (Å²) in [6.07, 6.45) is 3.78. The van der Waals surface area contributed by atoms with Gasteiger partial charge < -0.3 is 15.2 Å². The zero-order valence-corrected chi connectivity index (χ0v) is 7.99. The molecule has 1 aliphatic heterocycles. The largest absolute Gasteiger partial charge is 0.363 e. The van der Waals surface area contributed by atoms with Gasteiger partial charge in [-0.15, -0.1) is 0 Å². The lowest BCUT2D eigenvalue weighted by Gasteiger charge is -2.08. The Balaban J connectivity index is 1.90. The van der Waals surface area contributed by atoms with Crippen molar-refractivity contribution in [2.45, 2.75) is 19.4 Å². The summed E-state index contributed by atoms with van der Waals surface area (Å²) in [6.45, 7) is 3.03. The molecule has 0 aromatic carbocycles. The number of anilines is 1. The van der Waals surface area contributed by atoms with Crippen LogP contribution in [0.15, 0.2) is 17.0 Å². The highest BCUT2D eigenvalue weighted by Gasteiger charge is 2.26. The molecule has 2 rings (SSSR count). The molecular weight excluding hydrogens is 182 g/mol. The molecule has 1 fully saturated rings. The van der Waals surface area contributed by atoms with E-state index >= 15 is 0 Å². The molecule has 1 aromatic heterocycles. The number of nitrogens with one attached hydrogen (secondary N) is 2. The van der Waals surface area contributed by atoms with E-state index in [4.69, 9.17) is 0 Å². The second-order valence-electron chi connectivity index (χ2n) is 3.70. The monoisotopic (exact) mass is 195 g/mol. The van der Waals surface area contributed by atoms with Crippen molar-refractivity contribution in [3.63, 3.8) is 0 Å². The van der Waals surface area contributed by atoms with Crippen molar-refractivity contribution in [3.05, 3.63) is 12.5 Å². The number of carbonyl (C=O) groups is 1. The average Bonchev–Trinajstić information content (AvgIpc) is 2.75. The molecule has 1 aliphatic rings. The molecular formula is C9H13N3O2. The minimum Gasteiger partial charge on any atom is -0.363 e. The fourth-order valence-electron chi connectivity index (χ4n) is 1.61. The SMILES string of the molecule is C[C@H]1CN[C@H](C(=O)Nc2cnoc2)C1. The van der Waals surface area contributed by atoms with Crippen LogP contribution < -0.4 is 10.6 Å². The van der Waals surface area contributed by atoms with Gasteiger partial charge in [-0.3, -0.25) is 4.79 Å². The maximum absolute atomic E-state index is 11.6. The predicted molar refractivity (Wildman–Crippen MR) is 50.7 cm³/mol.